The van der Waals surface area contributed by atoms with Crippen molar-refractivity contribution in [3.05, 3.63) is 18.5 Å². The maximum absolute atomic E-state index is 12.1. The van der Waals surface area contributed by atoms with E-state index in [0.29, 0.717) is 19.6 Å². The molecule has 0 aromatic carbocycles. The number of aliphatic imine (C=N–C) groups is 1. The van der Waals surface area contributed by atoms with Crippen LogP contribution < -0.4 is 5.32 Å². The predicted octanol–water partition coefficient (Wildman–Crippen LogP) is 1.51. The summed E-state index contributed by atoms with van der Waals surface area (Å²) < 4.78 is 7.29. The van der Waals surface area contributed by atoms with Crippen LogP contribution in [0.3, 0.4) is 0 Å². The van der Waals surface area contributed by atoms with Crippen LogP contribution in [0.25, 0.3) is 0 Å². The van der Waals surface area contributed by atoms with E-state index in [9.17, 15) is 4.79 Å². The van der Waals surface area contributed by atoms with Gasteiger partial charge in [0, 0.05) is 32.0 Å². The molecule has 0 saturated carbocycles. The van der Waals surface area contributed by atoms with E-state index in [-0.39, 0.29) is 6.09 Å². The molecule has 0 spiro atoms. The molecule has 1 aromatic heterocycles. The fraction of sp³-hybridized carbons (Fsp3) is 0.667. The largest absolute Gasteiger partial charge is 0.444 e. The van der Waals surface area contributed by atoms with Gasteiger partial charge in [0.15, 0.2) is 0 Å². The van der Waals surface area contributed by atoms with Crippen molar-refractivity contribution in [2.24, 2.45) is 4.99 Å². The molecule has 0 unspecified atom stereocenters. The average Bonchev–Trinajstić information content (AvgIpc) is 2.95. The standard InChI is InChI=1S/C15H25N5O2/c1-15(2,3)22-14(21)19-11-8-17-13(12-19)16-6-4-9-20-10-5-7-18-20/h5,7,10H,4,6,8-9,11-12H2,1-3H3,(H,16,17). The van der Waals surface area contributed by atoms with Gasteiger partial charge in [0.2, 0.25) is 0 Å². The van der Waals surface area contributed by atoms with Gasteiger partial charge in [0.25, 0.3) is 0 Å². The molecular weight excluding hydrogens is 282 g/mol. The Bertz CT molecular complexity index is 505. The van der Waals surface area contributed by atoms with Crippen molar-refractivity contribution in [2.75, 3.05) is 26.2 Å². The average molecular weight is 307 g/mol. The van der Waals surface area contributed by atoms with Crippen molar-refractivity contribution in [1.29, 1.82) is 0 Å². The Labute approximate surface area is 131 Å². The van der Waals surface area contributed by atoms with Crippen molar-refractivity contribution in [3.63, 3.8) is 0 Å². The van der Waals surface area contributed by atoms with Crippen LogP contribution in [-0.4, -0.2) is 58.4 Å². The molecule has 2 heterocycles. The molecule has 2 rings (SSSR count). The number of carbonyl (C=O) groups is 1. The molecule has 1 aliphatic rings. The van der Waals surface area contributed by atoms with Crippen molar-refractivity contribution in [3.8, 4) is 0 Å². The molecule has 0 fully saturated rings. The first kappa shape index (κ1) is 16.3. The third kappa shape index (κ3) is 5.38. The molecule has 0 bridgehead atoms. The second-order valence-electron chi connectivity index (χ2n) is 6.28. The van der Waals surface area contributed by atoms with Gasteiger partial charge in [-0.2, -0.15) is 5.10 Å². The number of hydrogen-bond acceptors (Lipinski definition) is 5. The van der Waals surface area contributed by atoms with Crippen LogP contribution in [0.15, 0.2) is 23.5 Å². The number of nitrogens with one attached hydrogen (secondary N) is 1. The van der Waals surface area contributed by atoms with E-state index in [2.05, 4.69) is 15.4 Å². The summed E-state index contributed by atoms with van der Waals surface area (Å²) in [7, 11) is 0. The first-order valence-electron chi connectivity index (χ1n) is 7.66. The first-order valence-corrected chi connectivity index (χ1v) is 7.66. The molecule has 7 nitrogen and oxygen atoms in total. The van der Waals surface area contributed by atoms with Crippen LogP contribution >= 0.6 is 0 Å². The number of amidine groups is 1. The molecule has 0 aliphatic carbocycles. The summed E-state index contributed by atoms with van der Waals surface area (Å²) in [6.45, 7) is 8.99. The maximum atomic E-state index is 12.1. The van der Waals surface area contributed by atoms with Crippen LogP contribution in [0, 0.1) is 0 Å². The lowest BCUT2D eigenvalue weighted by Crippen LogP contribution is -2.47. The molecule has 7 heteroatoms. The van der Waals surface area contributed by atoms with Gasteiger partial charge in [-0.1, -0.05) is 0 Å². The lowest BCUT2D eigenvalue weighted by molar-refractivity contribution is 0.0276. The number of aromatic nitrogens is 2. The lowest BCUT2D eigenvalue weighted by atomic mass is 10.2. The normalized spacial score (nSPS) is 15.4. The first-order chi connectivity index (χ1) is 10.4. The molecule has 1 N–H and O–H groups in total. The molecule has 22 heavy (non-hydrogen) atoms. The summed E-state index contributed by atoms with van der Waals surface area (Å²) in [5.41, 5.74) is -0.469. The third-order valence-corrected chi connectivity index (χ3v) is 3.12. The smallest absolute Gasteiger partial charge is 0.410 e. The van der Waals surface area contributed by atoms with Gasteiger partial charge in [0.05, 0.1) is 13.1 Å². The summed E-state index contributed by atoms with van der Waals surface area (Å²) in [5.74, 6) is 0.845. The van der Waals surface area contributed by atoms with E-state index in [4.69, 9.17) is 4.74 Å². The summed E-state index contributed by atoms with van der Waals surface area (Å²) in [5, 5.41) is 7.45. The fourth-order valence-corrected chi connectivity index (χ4v) is 2.12. The van der Waals surface area contributed by atoms with E-state index < -0.39 is 5.60 Å². The van der Waals surface area contributed by atoms with Gasteiger partial charge in [-0.05, 0) is 33.3 Å². The SMILES string of the molecule is CC(C)(C)OC(=O)N1CCN=C(NCCCn2cccn2)C1. The van der Waals surface area contributed by atoms with E-state index in [1.54, 1.807) is 11.1 Å². The minimum Gasteiger partial charge on any atom is -0.444 e. The Morgan fingerprint density at radius 3 is 2.95 bits per heavy atom. The Balaban J connectivity index is 1.71. The minimum atomic E-state index is -0.469. The summed E-state index contributed by atoms with van der Waals surface area (Å²) in [6.07, 6.45) is 4.39. The predicted molar refractivity (Wildman–Crippen MR) is 85.0 cm³/mol. The van der Waals surface area contributed by atoms with E-state index >= 15 is 0 Å². The maximum Gasteiger partial charge on any atom is 0.410 e. The second kappa shape index (κ2) is 7.29. The number of amides is 1. The second-order valence-corrected chi connectivity index (χ2v) is 6.28. The lowest BCUT2D eigenvalue weighted by Gasteiger charge is -2.29. The van der Waals surface area contributed by atoms with E-state index in [1.807, 2.05) is 37.7 Å². The number of nitrogens with zero attached hydrogens (tertiary/aromatic N) is 4. The zero-order valence-corrected chi connectivity index (χ0v) is 13.6. The van der Waals surface area contributed by atoms with E-state index in [0.717, 1.165) is 25.3 Å². The Hall–Kier alpha value is -2.05. The summed E-state index contributed by atoms with van der Waals surface area (Å²) in [6, 6.07) is 1.91. The third-order valence-electron chi connectivity index (χ3n) is 3.12. The Morgan fingerprint density at radius 1 is 1.45 bits per heavy atom. The zero-order valence-electron chi connectivity index (χ0n) is 13.6. The fourth-order valence-electron chi connectivity index (χ4n) is 2.12. The summed E-state index contributed by atoms with van der Waals surface area (Å²) in [4.78, 5) is 18.2. The molecular formula is C15H25N5O2. The van der Waals surface area contributed by atoms with E-state index in [1.165, 1.54) is 0 Å². The molecule has 1 amide bonds. The number of hydrogen-bond donors (Lipinski definition) is 1. The number of aryl methyl sites for hydroxylation is 1. The monoisotopic (exact) mass is 307 g/mol. The van der Waals surface area contributed by atoms with Gasteiger partial charge in [-0.3, -0.25) is 14.6 Å². The van der Waals surface area contributed by atoms with Crippen LogP contribution in [0.5, 0.6) is 0 Å². The number of rotatable bonds is 4. The molecule has 0 radical (unpaired) electrons. The van der Waals surface area contributed by atoms with Gasteiger partial charge < -0.3 is 10.1 Å². The van der Waals surface area contributed by atoms with Crippen LogP contribution in [0.4, 0.5) is 4.79 Å². The van der Waals surface area contributed by atoms with Crippen LogP contribution in [-0.2, 0) is 11.3 Å². The highest BCUT2D eigenvalue weighted by molar-refractivity contribution is 5.87. The van der Waals surface area contributed by atoms with Crippen molar-refractivity contribution in [2.45, 2.75) is 39.3 Å². The molecule has 1 aromatic rings. The minimum absolute atomic E-state index is 0.279. The van der Waals surface area contributed by atoms with Crippen molar-refractivity contribution < 1.29 is 9.53 Å². The highest BCUT2D eigenvalue weighted by Gasteiger charge is 2.24. The van der Waals surface area contributed by atoms with Crippen LogP contribution in [0.2, 0.25) is 0 Å². The molecule has 0 atom stereocenters. The highest BCUT2D eigenvalue weighted by Crippen LogP contribution is 2.10. The van der Waals surface area contributed by atoms with Crippen molar-refractivity contribution >= 4 is 11.9 Å². The zero-order chi connectivity index (χ0) is 16.0. The topological polar surface area (TPSA) is 71.8 Å². The van der Waals surface area contributed by atoms with Gasteiger partial charge >= 0.3 is 6.09 Å². The molecule has 122 valence electrons. The molecule has 0 saturated heterocycles. The Kier molecular flexibility index (Phi) is 5.41. The van der Waals surface area contributed by atoms with Gasteiger partial charge in [-0.15, -0.1) is 0 Å². The van der Waals surface area contributed by atoms with Gasteiger partial charge in [0.1, 0.15) is 11.4 Å². The van der Waals surface area contributed by atoms with Crippen LogP contribution in [0.1, 0.15) is 27.2 Å². The highest BCUT2D eigenvalue weighted by atomic mass is 16.6. The van der Waals surface area contributed by atoms with Gasteiger partial charge in [-0.25, -0.2) is 4.79 Å². The summed E-state index contributed by atoms with van der Waals surface area (Å²) >= 11 is 0. The quantitative estimate of drug-likeness (QED) is 0.856. The number of carbonyl (C=O) groups excluding carboxylic acids is 1. The van der Waals surface area contributed by atoms with Crippen molar-refractivity contribution in [1.82, 2.24) is 20.0 Å². The molecule has 1 aliphatic heterocycles. The number of ether oxygens (including phenoxy) is 1. The Morgan fingerprint density at radius 2 is 2.27 bits per heavy atom.